The topological polar surface area (TPSA) is 77.0 Å². The van der Waals surface area contributed by atoms with Gasteiger partial charge in [0, 0.05) is 29.4 Å². The monoisotopic (exact) mass is 310 g/mol. The summed E-state index contributed by atoms with van der Waals surface area (Å²) in [6.45, 7) is 2.83. The Hall–Kier alpha value is -2.14. The van der Waals surface area contributed by atoms with Gasteiger partial charge >= 0.3 is 0 Å². The van der Waals surface area contributed by atoms with Crippen molar-refractivity contribution in [2.75, 3.05) is 5.73 Å². The van der Waals surface area contributed by atoms with Gasteiger partial charge in [0.15, 0.2) is 5.82 Å². The Morgan fingerprint density at radius 3 is 2.74 bits per heavy atom. The molecule has 23 heavy (non-hydrogen) atoms. The number of para-hydroxylation sites is 1. The minimum absolute atomic E-state index is 0.463. The number of hydrogen-bond acceptors (Lipinski definition) is 4. The van der Waals surface area contributed by atoms with Gasteiger partial charge in [-0.1, -0.05) is 31.0 Å². The SMILES string of the molecule is CCn1nc2c(N)nc3ccccc3c2c1CC1(O)CCCC1. The number of aryl methyl sites for hydroxylation is 1. The van der Waals surface area contributed by atoms with E-state index in [-0.39, 0.29) is 0 Å². The van der Waals surface area contributed by atoms with E-state index >= 15 is 0 Å². The Balaban J connectivity index is 2.00. The Morgan fingerprint density at radius 1 is 1.26 bits per heavy atom. The molecule has 1 aromatic carbocycles. The van der Waals surface area contributed by atoms with Crippen LogP contribution in [-0.2, 0) is 13.0 Å². The molecule has 5 heteroatoms. The van der Waals surface area contributed by atoms with Gasteiger partial charge in [0.1, 0.15) is 5.52 Å². The number of aromatic nitrogens is 3. The van der Waals surface area contributed by atoms with Gasteiger partial charge < -0.3 is 10.8 Å². The molecule has 0 saturated heterocycles. The van der Waals surface area contributed by atoms with E-state index in [1.54, 1.807) is 0 Å². The molecular formula is C18H22N4O. The fraction of sp³-hybridized carbons (Fsp3) is 0.444. The van der Waals surface area contributed by atoms with E-state index in [1.165, 1.54) is 0 Å². The second-order valence-corrected chi connectivity index (χ2v) is 6.61. The number of nitrogens with two attached hydrogens (primary N) is 1. The average Bonchev–Trinajstić information content (AvgIpc) is 3.13. The molecule has 3 aromatic rings. The zero-order valence-corrected chi connectivity index (χ0v) is 13.4. The summed E-state index contributed by atoms with van der Waals surface area (Å²) in [5.74, 6) is 0.463. The molecule has 0 unspecified atom stereocenters. The van der Waals surface area contributed by atoms with Crippen molar-refractivity contribution in [3.05, 3.63) is 30.0 Å². The number of pyridine rings is 1. The first kappa shape index (κ1) is 14.5. The molecule has 4 rings (SSSR count). The molecule has 1 aliphatic rings. The molecule has 0 spiro atoms. The van der Waals surface area contributed by atoms with Crippen LogP contribution in [0.25, 0.3) is 21.8 Å². The first-order chi connectivity index (χ1) is 11.1. The highest BCUT2D eigenvalue weighted by molar-refractivity contribution is 6.09. The van der Waals surface area contributed by atoms with Crippen LogP contribution in [0.3, 0.4) is 0 Å². The minimum Gasteiger partial charge on any atom is -0.389 e. The number of rotatable bonds is 3. The number of nitrogens with zero attached hydrogens (tertiary/aromatic N) is 3. The van der Waals surface area contributed by atoms with E-state index in [9.17, 15) is 5.11 Å². The number of anilines is 1. The van der Waals surface area contributed by atoms with Gasteiger partial charge in [-0.2, -0.15) is 5.10 Å². The summed E-state index contributed by atoms with van der Waals surface area (Å²) in [5.41, 5.74) is 8.25. The smallest absolute Gasteiger partial charge is 0.152 e. The summed E-state index contributed by atoms with van der Waals surface area (Å²) in [6, 6.07) is 8.02. The van der Waals surface area contributed by atoms with Crippen LogP contribution in [0.2, 0.25) is 0 Å². The molecule has 2 heterocycles. The van der Waals surface area contributed by atoms with Crippen molar-refractivity contribution in [2.24, 2.45) is 0 Å². The summed E-state index contributed by atoms with van der Waals surface area (Å²) < 4.78 is 1.98. The van der Waals surface area contributed by atoms with Crippen LogP contribution in [0.5, 0.6) is 0 Å². The third-order valence-corrected chi connectivity index (χ3v) is 5.04. The van der Waals surface area contributed by atoms with Crippen molar-refractivity contribution in [1.29, 1.82) is 0 Å². The van der Waals surface area contributed by atoms with Crippen molar-refractivity contribution in [3.63, 3.8) is 0 Å². The summed E-state index contributed by atoms with van der Waals surface area (Å²) >= 11 is 0. The van der Waals surface area contributed by atoms with Crippen molar-refractivity contribution in [2.45, 2.75) is 51.2 Å². The van der Waals surface area contributed by atoms with Crippen molar-refractivity contribution >= 4 is 27.6 Å². The molecule has 0 bridgehead atoms. The fourth-order valence-corrected chi connectivity index (χ4v) is 3.89. The first-order valence-corrected chi connectivity index (χ1v) is 8.37. The predicted octanol–water partition coefficient (Wildman–Crippen LogP) is 3.03. The average molecular weight is 310 g/mol. The predicted molar refractivity (Wildman–Crippen MR) is 92.2 cm³/mol. The lowest BCUT2D eigenvalue weighted by atomic mass is 9.93. The summed E-state index contributed by atoms with van der Waals surface area (Å²) in [4.78, 5) is 4.48. The van der Waals surface area contributed by atoms with E-state index in [2.05, 4.69) is 23.1 Å². The van der Waals surface area contributed by atoms with Crippen molar-refractivity contribution < 1.29 is 5.11 Å². The second-order valence-electron chi connectivity index (χ2n) is 6.61. The molecule has 1 fully saturated rings. The fourth-order valence-electron chi connectivity index (χ4n) is 3.89. The quantitative estimate of drug-likeness (QED) is 0.779. The van der Waals surface area contributed by atoms with Gasteiger partial charge in [0.25, 0.3) is 0 Å². The normalized spacial score (nSPS) is 17.3. The third kappa shape index (κ3) is 2.27. The molecule has 120 valence electrons. The molecule has 0 aliphatic heterocycles. The Kier molecular flexibility index (Phi) is 3.27. The van der Waals surface area contributed by atoms with E-state index in [1.807, 2.05) is 22.9 Å². The Bertz CT molecular complexity index is 877. The van der Waals surface area contributed by atoms with Crippen LogP contribution in [0, 0.1) is 0 Å². The summed E-state index contributed by atoms with van der Waals surface area (Å²) in [7, 11) is 0. The lowest BCUT2D eigenvalue weighted by Gasteiger charge is -2.22. The van der Waals surface area contributed by atoms with E-state index < -0.39 is 5.60 Å². The molecule has 5 nitrogen and oxygen atoms in total. The van der Waals surface area contributed by atoms with Crippen LogP contribution in [0.1, 0.15) is 38.3 Å². The Morgan fingerprint density at radius 2 is 2.00 bits per heavy atom. The second kappa shape index (κ2) is 5.20. The highest BCUT2D eigenvalue weighted by Crippen LogP contribution is 2.37. The van der Waals surface area contributed by atoms with Crippen LogP contribution >= 0.6 is 0 Å². The van der Waals surface area contributed by atoms with Gasteiger partial charge in [0.2, 0.25) is 0 Å². The molecular weight excluding hydrogens is 288 g/mol. The maximum atomic E-state index is 10.9. The number of hydrogen-bond donors (Lipinski definition) is 2. The van der Waals surface area contributed by atoms with Gasteiger partial charge in [-0.15, -0.1) is 0 Å². The lowest BCUT2D eigenvalue weighted by Crippen LogP contribution is -2.28. The largest absolute Gasteiger partial charge is 0.389 e. The zero-order chi connectivity index (χ0) is 16.0. The third-order valence-electron chi connectivity index (χ3n) is 5.04. The van der Waals surface area contributed by atoms with Gasteiger partial charge in [-0.05, 0) is 25.8 Å². The molecule has 1 saturated carbocycles. The first-order valence-electron chi connectivity index (χ1n) is 8.37. The standard InChI is InChI=1S/C18H22N4O/c1-2-22-14(11-18(23)9-5-6-10-18)15-12-7-3-4-8-13(12)20-17(19)16(15)21-22/h3-4,7-8,23H,2,5-6,9-11H2,1H3,(H2,19,20). The molecule has 3 N–H and O–H groups in total. The number of fused-ring (bicyclic) bond motifs is 3. The van der Waals surface area contributed by atoms with Gasteiger partial charge in [-0.25, -0.2) is 4.98 Å². The molecule has 2 aromatic heterocycles. The minimum atomic E-state index is -0.612. The Labute approximate surface area is 135 Å². The molecule has 0 atom stereocenters. The van der Waals surface area contributed by atoms with Gasteiger partial charge in [-0.3, -0.25) is 4.68 Å². The van der Waals surface area contributed by atoms with E-state index in [0.29, 0.717) is 12.2 Å². The number of aliphatic hydroxyl groups is 1. The molecule has 0 radical (unpaired) electrons. The van der Waals surface area contributed by atoms with Crippen LogP contribution < -0.4 is 5.73 Å². The van der Waals surface area contributed by atoms with E-state index in [4.69, 9.17) is 5.73 Å². The molecule has 0 amide bonds. The van der Waals surface area contributed by atoms with Crippen molar-refractivity contribution in [1.82, 2.24) is 14.8 Å². The van der Waals surface area contributed by atoms with Crippen LogP contribution in [0.4, 0.5) is 5.82 Å². The number of nitrogen functional groups attached to an aromatic ring is 1. The van der Waals surface area contributed by atoms with Gasteiger partial charge in [0.05, 0.1) is 11.1 Å². The maximum Gasteiger partial charge on any atom is 0.152 e. The highest BCUT2D eigenvalue weighted by Gasteiger charge is 2.33. The molecule has 1 aliphatic carbocycles. The number of benzene rings is 1. The van der Waals surface area contributed by atoms with Crippen LogP contribution in [0.15, 0.2) is 24.3 Å². The summed E-state index contributed by atoms with van der Waals surface area (Å²) in [5, 5.41) is 17.7. The summed E-state index contributed by atoms with van der Waals surface area (Å²) in [6.07, 6.45) is 4.55. The van der Waals surface area contributed by atoms with E-state index in [0.717, 1.165) is 59.7 Å². The van der Waals surface area contributed by atoms with Crippen molar-refractivity contribution in [3.8, 4) is 0 Å². The zero-order valence-electron chi connectivity index (χ0n) is 13.4. The highest BCUT2D eigenvalue weighted by atomic mass is 16.3. The maximum absolute atomic E-state index is 10.9. The van der Waals surface area contributed by atoms with Crippen LogP contribution in [-0.4, -0.2) is 25.5 Å². The lowest BCUT2D eigenvalue weighted by molar-refractivity contribution is 0.0464.